The van der Waals surface area contributed by atoms with Crippen molar-refractivity contribution in [2.75, 3.05) is 13.2 Å². The van der Waals surface area contributed by atoms with Crippen molar-refractivity contribution < 1.29 is 9.47 Å². The third-order valence-electron chi connectivity index (χ3n) is 2.68. The van der Waals surface area contributed by atoms with Crippen molar-refractivity contribution in [3.05, 3.63) is 28.2 Å². The average Bonchev–Trinajstić information content (AvgIpc) is 2.80. The Bertz CT molecular complexity index is 417. The first kappa shape index (κ1) is 12.4. The monoisotopic (exact) mass is 298 g/mol. The van der Waals surface area contributed by atoms with Crippen molar-refractivity contribution in [3.63, 3.8) is 0 Å². The van der Waals surface area contributed by atoms with E-state index in [2.05, 4.69) is 15.9 Å². The fraction of sp³-hybridized carbons (Fsp3) is 0.417. The number of nitrogens with one attached hydrogen (secondary N) is 1. The van der Waals surface area contributed by atoms with Gasteiger partial charge in [0.05, 0.1) is 11.7 Å². The number of nitrogen functional groups attached to an aromatic ring is 1. The van der Waals surface area contributed by atoms with Crippen LogP contribution >= 0.6 is 15.9 Å². The summed E-state index contributed by atoms with van der Waals surface area (Å²) >= 11 is 3.35. The second kappa shape index (κ2) is 5.51. The summed E-state index contributed by atoms with van der Waals surface area (Å²) < 4.78 is 12.0. The Hall–Kier alpha value is -1.07. The van der Waals surface area contributed by atoms with Crippen molar-refractivity contribution in [1.29, 1.82) is 5.41 Å². The summed E-state index contributed by atoms with van der Waals surface area (Å²) in [5.74, 6) is 0.643. The Morgan fingerprint density at radius 3 is 3.06 bits per heavy atom. The molecule has 1 aromatic rings. The fourth-order valence-corrected chi connectivity index (χ4v) is 2.16. The Kier molecular flexibility index (Phi) is 4.02. The number of benzene rings is 1. The molecule has 2 rings (SSSR count). The van der Waals surface area contributed by atoms with E-state index in [4.69, 9.17) is 20.6 Å². The van der Waals surface area contributed by atoms with Crippen LogP contribution in [0.1, 0.15) is 18.4 Å². The van der Waals surface area contributed by atoms with Gasteiger partial charge in [0.15, 0.2) is 0 Å². The van der Waals surface area contributed by atoms with Gasteiger partial charge in [0.1, 0.15) is 18.2 Å². The normalized spacial score (nSPS) is 19.2. The Morgan fingerprint density at radius 2 is 2.41 bits per heavy atom. The SMILES string of the molecule is N=C(N)c1cc(Br)ccc1OCC1CCCO1. The molecular weight excluding hydrogens is 284 g/mol. The van der Waals surface area contributed by atoms with Crippen LogP contribution in [0.25, 0.3) is 0 Å². The van der Waals surface area contributed by atoms with Crippen molar-refractivity contribution in [2.24, 2.45) is 5.73 Å². The van der Waals surface area contributed by atoms with Gasteiger partial charge in [0.25, 0.3) is 0 Å². The highest BCUT2D eigenvalue weighted by Gasteiger charge is 2.17. The summed E-state index contributed by atoms with van der Waals surface area (Å²) in [4.78, 5) is 0. The summed E-state index contributed by atoms with van der Waals surface area (Å²) in [6, 6.07) is 5.47. The molecule has 0 spiro atoms. The first-order valence-corrected chi connectivity index (χ1v) is 6.34. The lowest BCUT2D eigenvalue weighted by Crippen LogP contribution is -2.19. The van der Waals surface area contributed by atoms with Gasteiger partial charge >= 0.3 is 0 Å². The van der Waals surface area contributed by atoms with E-state index in [-0.39, 0.29) is 11.9 Å². The fourth-order valence-electron chi connectivity index (χ4n) is 1.80. The third kappa shape index (κ3) is 3.20. The number of ether oxygens (including phenoxy) is 2. The maximum absolute atomic E-state index is 7.51. The van der Waals surface area contributed by atoms with Crippen molar-refractivity contribution >= 4 is 21.8 Å². The quantitative estimate of drug-likeness (QED) is 0.662. The summed E-state index contributed by atoms with van der Waals surface area (Å²) in [6.07, 6.45) is 2.29. The summed E-state index contributed by atoms with van der Waals surface area (Å²) in [7, 11) is 0. The highest BCUT2D eigenvalue weighted by atomic mass is 79.9. The number of hydrogen-bond acceptors (Lipinski definition) is 3. The predicted octanol–water partition coefficient (Wildman–Crippen LogP) is 2.29. The summed E-state index contributed by atoms with van der Waals surface area (Å²) in [5.41, 5.74) is 6.13. The zero-order valence-corrected chi connectivity index (χ0v) is 11.0. The number of amidine groups is 1. The molecule has 1 atom stereocenters. The van der Waals surface area contributed by atoms with Crippen LogP contribution in [0.3, 0.4) is 0 Å². The molecule has 4 nitrogen and oxygen atoms in total. The van der Waals surface area contributed by atoms with Crippen LogP contribution in [-0.4, -0.2) is 25.2 Å². The van der Waals surface area contributed by atoms with E-state index in [1.54, 1.807) is 6.07 Å². The van der Waals surface area contributed by atoms with Crippen LogP contribution in [-0.2, 0) is 4.74 Å². The van der Waals surface area contributed by atoms with Gasteiger partial charge in [-0.15, -0.1) is 0 Å². The van der Waals surface area contributed by atoms with Crippen LogP contribution in [0.15, 0.2) is 22.7 Å². The van der Waals surface area contributed by atoms with Gasteiger partial charge in [0.2, 0.25) is 0 Å². The lowest BCUT2D eigenvalue weighted by atomic mass is 10.2. The molecule has 0 aliphatic carbocycles. The van der Waals surface area contributed by atoms with Gasteiger partial charge < -0.3 is 15.2 Å². The minimum atomic E-state index is 0.00800. The standard InChI is InChI=1S/C12H15BrN2O2/c13-8-3-4-11(10(6-8)12(14)15)17-7-9-2-1-5-16-9/h3-4,6,9H,1-2,5,7H2,(H3,14,15). The number of hydrogen-bond donors (Lipinski definition) is 2. The van der Waals surface area contributed by atoms with E-state index >= 15 is 0 Å². The Morgan fingerprint density at radius 1 is 1.59 bits per heavy atom. The molecule has 0 amide bonds. The van der Waals surface area contributed by atoms with Crippen LogP contribution in [0.4, 0.5) is 0 Å². The lowest BCUT2D eigenvalue weighted by Gasteiger charge is -2.14. The molecule has 5 heteroatoms. The van der Waals surface area contributed by atoms with E-state index in [1.165, 1.54) is 0 Å². The van der Waals surface area contributed by atoms with E-state index in [0.717, 1.165) is 23.9 Å². The van der Waals surface area contributed by atoms with Gasteiger partial charge in [0, 0.05) is 11.1 Å². The molecule has 0 radical (unpaired) electrons. The number of nitrogens with two attached hydrogens (primary N) is 1. The Labute approximate surface area is 109 Å². The van der Waals surface area contributed by atoms with Gasteiger partial charge in [-0.3, -0.25) is 5.41 Å². The molecule has 92 valence electrons. The van der Waals surface area contributed by atoms with Crippen molar-refractivity contribution in [1.82, 2.24) is 0 Å². The third-order valence-corrected chi connectivity index (χ3v) is 3.17. The first-order chi connectivity index (χ1) is 8.16. The molecule has 17 heavy (non-hydrogen) atoms. The molecule has 1 aliphatic rings. The minimum absolute atomic E-state index is 0.00800. The smallest absolute Gasteiger partial charge is 0.130 e. The molecule has 0 saturated carbocycles. The van der Waals surface area contributed by atoms with Gasteiger partial charge in [-0.2, -0.15) is 0 Å². The zero-order valence-electron chi connectivity index (χ0n) is 9.41. The molecule has 1 saturated heterocycles. The zero-order chi connectivity index (χ0) is 12.3. The molecule has 3 N–H and O–H groups in total. The summed E-state index contributed by atoms with van der Waals surface area (Å²) in [5, 5.41) is 7.51. The Balaban J connectivity index is 2.06. The number of rotatable bonds is 4. The molecule has 1 fully saturated rings. The number of halogens is 1. The maximum atomic E-state index is 7.51. The molecule has 1 heterocycles. The van der Waals surface area contributed by atoms with Crippen LogP contribution in [0, 0.1) is 5.41 Å². The molecule has 1 aliphatic heterocycles. The van der Waals surface area contributed by atoms with Crippen molar-refractivity contribution in [3.8, 4) is 5.75 Å². The lowest BCUT2D eigenvalue weighted by molar-refractivity contribution is 0.0679. The topological polar surface area (TPSA) is 68.3 Å². The minimum Gasteiger partial charge on any atom is -0.490 e. The first-order valence-electron chi connectivity index (χ1n) is 5.55. The van der Waals surface area contributed by atoms with Crippen LogP contribution in [0.5, 0.6) is 5.75 Å². The van der Waals surface area contributed by atoms with Crippen molar-refractivity contribution in [2.45, 2.75) is 18.9 Å². The van der Waals surface area contributed by atoms with E-state index in [0.29, 0.717) is 17.9 Å². The molecule has 0 bridgehead atoms. The molecule has 1 aromatic carbocycles. The largest absolute Gasteiger partial charge is 0.490 e. The summed E-state index contributed by atoms with van der Waals surface area (Å²) in [6.45, 7) is 1.33. The highest BCUT2D eigenvalue weighted by molar-refractivity contribution is 9.10. The van der Waals surface area contributed by atoms with Gasteiger partial charge in [-0.05, 0) is 31.0 Å². The maximum Gasteiger partial charge on any atom is 0.130 e. The molecular formula is C12H15BrN2O2. The second-order valence-electron chi connectivity index (χ2n) is 4.00. The van der Waals surface area contributed by atoms with Gasteiger partial charge in [-0.1, -0.05) is 15.9 Å². The molecule has 0 aromatic heterocycles. The van der Waals surface area contributed by atoms with Crippen LogP contribution in [0.2, 0.25) is 0 Å². The highest BCUT2D eigenvalue weighted by Crippen LogP contribution is 2.24. The van der Waals surface area contributed by atoms with Crippen LogP contribution < -0.4 is 10.5 Å². The van der Waals surface area contributed by atoms with E-state index < -0.39 is 0 Å². The predicted molar refractivity (Wildman–Crippen MR) is 69.6 cm³/mol. The van der Waals surface area contributed by atoms with Gasteiger partial charge in [-0.25, -0.2) is 0 Å². The van der Waals surface area contributed by atoms with E-state index in [9.17, 15) is 0 Å². The average molecular weight is 299 g/mol. The van der Waals surface area contributed by atoms with E-state index in [1.807, 2.05) is 12.1 Å². The second-order valence-corrected chi connectivity index (χ2v) is 4.92. The molecule has 1 unspecified atom stereocenters.